The Balaban J connectivity index is 2.07. The lowest BCUT2D eigenvalue weighted by Gasteiger charge is -2.24. The topological polar surface area (TPSA) is 56.7 Å². The summed E-state index contributed by atoms with van der Waals surface area (Å²) in [7, 11) is 0. The molecule has 0 fully saturated rings. The molecule has 20 heavy (non-hydrogen) atoms. The number of nitrogens with two attached hydrogens (primary N) is 1. The van der Waals surface area contributed by atoms with Gasteiger partial charge in [-0.25, -0.2) is 9.97 Å². The number of fused-ring (bicyclic) bond motifs is 1. The van der Waals surface area contributed by atoms with Crippen molar-refractivity contribution in [1.29, 1.82) is 0 Å². The molecule has 5 heteroatoms. The molecule has 3 heterocycles. The molecule has 0 bridgehead atoms. The Morgan fingerprint density at radius 1 is 1.35 bits per heavy atom. The molecule has 4 nitrogen and oxygen atoms in total. The van der Waals surface area contributed by atoms with Crippen LogP contribution in [-0.4, -0.2) is 14.5 Å². The van der Waals surface area contributed by atoms with Crippen molar-refractivity contribution < 1.29 is 0 Å². The zero-order chi connectivity index (χ0) is 14.3. The Morgan fingerprint density at radius 3 is 2.85 bits per heavy atom. The summed E-state index contributed by atoms with van der Waals surface area (Å²) in [6.07, 6.45) is 1.81. The lowest BCUT2D eigenvalue weighted by molar-refractivity contribution is 0.451. The van der Waals surface area contributed by atoms with Crippen LogP contribution in [0.25, 0.3) is 11.2 Å². The Morgan fingerprint density at radius 2 is 2.15 bits per heavy atom. The van der Waals surface area contributed by atoms with Crippen LogP contribution in [0, 0.1) is 6.92 Å². The normalized spacial score (nSPS) is 12.2. The molecular weight excluding hydrogens is 268 g/mol. The van der Waals surface area contributed by atoms with E-state index in [0.29, 0.717) is 5.95 Å². The minimum absolute atomic E-state index is 0.00133. The van der Waals surface area contributed by atoms with Gasteiger partial charge in [0.1, 0.15) is 5.52 Å². The van der Waals surface area contributed by atoms with Crippen molar-refractivity contribution in [2.24, 2.45) is 0 Å². The Labute approximate surface area is 122 Å². The summed E-state index contributed by atoms with van der Waals surface area (Å²) in [4.78, 5) is 10.3. The number of rotatable bonds is 3. The Kier molecular flexibility index (Phi) is 3.01. The standard InChI is InChI=1S/C15H18N4S/c1-10-6-7-17-13-12(10)18-14(16)19(13)9-15(2,3)11-5-4-8-20-11/h4-8H,9H2,1-3H3,(H2,16,18). The molecule has 0 amide bonds. The third-order valence-electron chi connectivity index (χ3n) is 3.61. The molecule has 0 aliphatic carbocycles. The molecule has 0 saturated carbocycles. The fraction of sp³-hybridized carbons (Fsp3) is 0.333. The van der Waals surface area contributed by atoms with Crippen LogP contribution in [0.2, 0.25) is 0 Å². The van der Waals surface area contributed by atoms with Gasteiger partial charge in [-0.2, -0.15) is 0 Å². The number of aromatic nitrogens is 3. The van der Waals surface area contributed by atoms with Crippen LogP contribution < -0.4 is 5.73 Å². The smallest absolute Gasteiger partial charge is 0.202 e. The van der Waals surface area contributed by atoms with E-state index >= 15 is 0 Å². The average molecular weight is 286 g/mol. The van der Waals surface area contributed by atoms with Gasteiger partial charge in [0.25, 0.3) is 0 Å². The molecule has 0 saturated heterocycles. The number of hydrogen-bond donors (Lipinski definition) is 1. The Bertz CT molecular complexity index is 741. The second-order valence-electron chi connectivity index (χ2n) is 5.72. The SMILES string of the molecule is Cc1ccnc2c1nc(N)n2CC(C)(C)c1cccs1. The number of pyridine rings is 1. The molecular formula is C15H18N4S. The second kappa shape index (κ2) is 4.59. The van der Waals surface area contributed by atoms with Crippen LogP contribution in [0.3, 0.4) is 0 Å². The predicted molar refractivity (Wildman–Crippen MR) is 84.0 cm³/mol. The number of nitrogens with zero attached hydrogens (tertiary/aromatic N) is 3. The number of nitrogen functional groups attached to an aromatic ring is 1. The van der Waals surface area contributed by atoms with E-state index in [1.807, 2.05) is 23.8 Å². The van der Waals surface area contributed by atoms with Gasteiger partial charge in [0.2, 0.25) is 5.95 Å². The molecule has 104 valence electrons. The number of hydrogen-bond acceptors (Lipinski definition) is 4. The minimum Gasteiger partial charge on any atom is -0.369 e. The highest BCUT2D eigenvalue weighted by atomic mass is 32.1. The van der Waals surface area contributed by atoms with Crippen LogP contribution in [0.1, 0.15) is 24.3 Å². The van der Waals surface area contributed by atoms with E-state index in [9.17, 15) is 0 Å². The molecule has 0 aliphatic rings. The molecule has 0 radical (unpaired) electrons. The van der Waals surface area contributed by atoms with Crippen molar-refractivity contribution in [3.63, 3.8) is 0 Å². The number of imidazole rings is 1. The van der Waals surface area contributed by atoms with Crippen LogP contribution in [0.15, 0.2) is 29.8 Å². The van der Waals surface area contributed by atoms with E-state index in [0.717, 1.165) is 23.3 Å². The van der Waals surface area contributed by atoms with E-state index in [-0.39, 0.29) is 5.41 Å². The largest absolute Gasteiger partial charge is 0.369 e. The third kappa shape index (κ3) is 2.08. The molecule has 3 aromatic heterocycles. The van der Waals surface area contributed by atoms with Crippen LogP contribution in [0.4, 0.5) is 5.95 Å². The highest BCUT2D eigenvalue weighted by molar-refractivity contribution is 7.10. The molecule has 2 N–H and O–H groups in total. The van der Waals surface area contributed by atoms with Gasteiger partial charge in [-0.1, -0.05) is 19.9 Å². The minimum atomic E-state index is 0.00133. The molecule has 0 spiro atoms. The van der Waals surface area contributed by atoms with E-state index in [4.69, 9.17) is 5.73 Å². The first-order chi connectivity index (χ1) is 9.49. The molecule has 0 aromatic carbocycles. The van der Waals surface area contributed by atoms with Gasteiger partial charge >= 0.3 is 0 Å². The van der Waals surface area contributed by atoms with E-state index in [2.05, 4.69) is 41.3 Å². The van der Waals surface area contributed by atoms with Crippen molar-refractivity contribution in [3.8, 4) is 0 Å². The first-order valence-electron chi connectivity index (χ1n) is 6.60. The zero-order valence-electron chi connectivity index (χ0n) is 11.9. The average Bonchev–Trinajstić information content (AvgIpc) is 3.01. The highest BCUT2D eigenvalue weighted by Gasteiger charge is 2.25. The van der Waals surface area contributed by atoms with Gasteiger partial charge in [0.05, 0.1) is 0 Å². The van der Waals surface area contributed by atoms with Crippen LogP contribution in [0.5, 0.6) is 0 Å². The van der Waals surface area contributed by atoms with Crippen molar-refractivity contribution in [1.82, 2.24) is 14.5 Å². The van der Waals surface area contributed by atoms with E-state index < -0.39 is 0 Å². The van der Waals surface area contributed by atoms with Crippen molar-refractivity contribution >= 4 is 28.4 Å². The summed E-state index contributed by atoms with van der Waals surface area (Å²) in [5.41, 5.74) is 8.97. The Hall–Kier alpha value is -1.88. The third-order valence-corrected chi connectivity index (χ3v) is 4.84. The fourth-order valence-corrected chi connectivity index (χ4v) is 3.29. The zero-order valence-corrected chi connectivity index (χ0v) is 12.7. The van der Waals surface area contributed by atoms with Gasteiger partial charge < -0.3 is 5.73 Å². The van der Waals surface area contributed by atoms with Gasteiger partial charge in [0.15, 0.2) is 5.65 Å². The van der Waals surface area contributed by atoms with Crippen molar-refractivity contribution in [2.45, 2.75) is 32.7 Å². The van der Waals surface area contributed by atoms with Crippen LogP contribution in [-0.2, 0) is 12.0 Å². The second-order valence-corrected chi connectivity index (χ2v) is 6.67. The molecule has 3 rings (SSSR count). The molecule has 0 aliphatic heterocycles. The van der Waals surface area contributed by atoms with Gasteiger partial charge in [0, 0.05) is 23.0 Å². The quantitative estimate of drug-likeness (QED) is 0.803. The predicted octanol–water partition coefficient (Wildman–Crippen LogP) is 3.36. The number of aryl methyl sites for hydroxylation is 1. The van der Waals surface area contributed by atoms with Gasteiger partial charge in [-0.3, -0.25) is 4.57 Å². The molecule has 0 atom stereocenters. The molecule has 0 unspecified atom stereocenters. The monoisotopic (exact) mass is 286 g/mol. The maximum atomic E-state index is 6.10. The summed E-state index contributed by atoms with van der Waals surface area (Å²) in [5.74, 6) is 0.534. The molecule has 3 aromatic rings. The maximum absolute atomic E-state index is 6.10. The first-order valence-corrected chi connectivity index (χ1v) is 7.48. The number of thiophene rings is 1. The van der Waals surface area contributed by atoms with Crippen LogP contribution >= 0.6 is 11.3 Å². The first kappa shape index (κ1) is 13.1. The van der Waals surface area contributed by atoms with Gasteiger partial charge in [-0.15, -0.1) is 11.3 Å². The fourth-order valence-electron chi connectivity index (χ4n) is 2.45. The maximum Gasteiger partial charge on any atom is 0.202 e. The summed E-state index contributed by atoms with van der Waals surface area (Å²) in [6, 6.07) is 6.21. The lowest BCUT2D eigenvalue weighted by atomic mass is 9.91. The summed E-state index contributed by atoms with van der Waals surface area (Å²) >= 11 is 1.77. The summed E-state index contributed by atoms with van der Waals surface area (Å²) in [5, 5.41) is 2.11. The summed E-state index contributed by atoms with van der Waals surface area (Å²) < 4.78 is 2.02. The van der Waals surface area contributed by atoms with E-state index in [1.54, 1.807) is 11.3 Å². The van der Waals surface area contributed by atoms with E-state index in [1.165, 1.54) is 4.88 Å². The van der Waals surface area contributed by atoms with Crippen molar-refractivity contribution in [3.05, 3.63) is 40.2 Å². The van der Waals surface area contributed by atoms with Crippen molar-refractivity contribution in [2.75, 3.05) is 5.73 Å². The lowest BCUT2D eigenvalue weighted by Crippen LogP contribution is -2.24. The van der Waals surface area contributed by atoms with Gasteiger partial charge in [-0.05, 0) is 30.0 Å². The summed E-state index contributed by atoms with van der Waals surface area (Å²) in [6.45, 7) is 7.25. The highest BCUT2D eigenvalue weighted by Crippen LogP contribution is 2.31. The number of anilines is 1.